The van der Waals surface area contributed by atoms with Gasteiger partial charge in [0.25, 0.3) is 5.91 Å². The van der Waals surface area contributed by atoms with Crippen molar-refractivity contribution < 1.29 is 9.90 Å². The monoisotopic (exact) mass is 313 g/mol. The summed E-state index contributed by atoms with van der Waals surface area (Å²) in [4.78, 5) is 14.4. The highest BCUT2D eigenvalue weighted by Gasteiger charge is 2.22. The average Bonchev–Trinajstić information content (AvgIpc) is 2.85. The van der Waals surface area contributed by atoms with E-state index in [9.17, 15) is 9.90 Å². The van der Waals surface area contributed by atoms with Gasteiger partial charge >= 0.3 is 0 Å². The summed E-state index contributed by atoms with van der Waals surface area (Å²) in [5, 5.41) is 14.0. The number of carbonyl (C=O) groups excluding carboxylic acids is 1. The van der Waals surface area contributed by atoms with Crippen LogP contribution in [0.4, 0.5) is 0 Å². The zero-order valence-corrected chi connectivity index (χ0v) is 13.7. The number of carbonyl (C=O) groups is 1. The molecule has 0 radical (unpaired) electrons. The molecule has 1 aromatic carbocycles. The Morgan fingerprint density at radius 3 is 2.65 bits per heavy atom. The number of aliphatic hydroxyl groups excluding tert-OH is 1. The highest BCUT2D eigenvalue weighted by Crippen LogP contribution is 2.16. The Bertz CT molecular complexity index is 700. The summed E-state index contributed by atoms with van der Waals surface area (Å²) in [5.74, 6) is 0.0483. The molecule has 0 saturated carbocycles. The van der Waals surface area contributed by atoms with Crippen LogP contribution < -0.4 is 0 Å². The third kappa shape index (κ3) is 3.62. The van der Waals surface area contributed by atoms with Gasteiger partial charge in [-0.1, -0.05) is 12.1 Å². The minimum atomic E-state index is -0.267. The minimum Gasteiger partial charge on any atom is -0.393 e. The minimum absolute atomic E-state index is 0.0483. The van der Waals surface area contributed by atoms with Crippen molar-refractivity contribution in [3.63, 3.8) is 0 Å². The van der Waals surface area contributed by atoms with Gasteiger partial charge < -0.3 is 10.0 Å². The number of hydrogen-bond acceptors (Lipinski definition) is 3. The molecule has 1 saturated heterocycles. The number of amides is 1. The summed E-state index contributed by atoms with van der Waals surface area (Å²) in [7, 11) is 0. The summed E-state index contributed by atoms with van der Waals surface area (Å²) < 4.78 is 1.95. The molecule has 1 amide bonds. The van der Waals surface area contributed by atoms with E-state index in [1.165, 1.54) is 0 Å². The number of likely N-dealkylation sites (tertiary alicyclic amines) is 1. The fourth-order valence-electron chi connectivity index (χ4n) is 3.06. The van der Waals surface area contributed by atoms with Crippen LogP contribution in [0.25, 0.3) is 0 Å². The molecule has 0 spiro atoms. The lowest BCUT2D eigenvalue weighted by Crippen LogP contribution is -2.40. The molecule has 1 aromatic heterocycles. The predicted molar refractivity (Wildman–Crippen MR) is 88.4 cm³/mol. The molecule has 0 aliphatic carbocycles. The molecule has 23 heavy (non-hydrogen) atoms. The van der Waals surface area contributed by atoms with Crippen LogP contribution in [-0.2, 0) is 6.54 Å². The second kappa shape index (κ2) is 6.54. The normalized spacial score (nSPS) is 15.9. The maximum Gasteiger partial charge on any atom is 0.253 e. The summed E-state index contributed by atoms with van der Waals surface area (Å²) in [6.07, 6.45) is 1.06. The van der Waals surface area contributed by atoms with Crippen LogP contribution >= 0.6 is 0 Å². The molecule has 0 atom stereocenters. The SMILES string of the molecule is Cc1cc(C)n(Cc2cccc(C(=O)N3CCC(O)CC3)c2)n1. The van der Waals surface area contributed by atoms with Gasteiger partial charge in [-0.3, -0.25) is 9.48 Å². The van der Waals surface area contributed by atoms with Gasteiger partial charge in [0.05, 0.1) is 18.3 Å². The molecule has 3 rings (SSSR count). The van der Waals surface area contributed by atoms with E-state index in [0.29, 0.717) is 38.0 Å². The van der Waals surface area contributed by atoms with Crippen LogP contribution in [0.5, 0.6) is 0 Å². The van der Waals surface area contributed by atoms with Gasteiger partial charge in [0.2, 0.25) is 0 Å². The Hall–Kier alpha value is -2.14. The largest absolute Gasteiger partial charge is 0.393 e. The van der Waals surface area contributed by atoms with E-state index in [1.807, 2.05) is 53.8 Å². The van der Waals surface area contributed by atoms with Crippen LogP contribution in [0, 0.1) is 13.8 Å². The second-order valence-corrected chi connectivity index (χ2v) is 6.31. The Labute approximate surface area is 136 Å². The topological polar surface area (TPSA) is 58.4 Å². The molecule has 1 fully saturated rings. The van der Waals surface area contributed by atoms with Gasteiger partial charge in [-0.2, -0.15) is 5.10 Å². The molecule has 2 heterocycles. The van der Waals surface area contributed by atoms with Gasteiger partial charge in [0.1, 0.15) is 0 Å². The molecular formula is C18H23N3O2. The number of benzene rings is 1. The molecule has 1 aliphatic rings. The smallest absolute Gasteiger partial charge is 0.253 e. The lowest BCUT2D eigenvalue weighted by Gasteiger charge is -2.29. The van der Waals surface area contributed by atoms with Crippen molar-refractivity contribution >= 4 is 5.91 Å². The molecular weight excluding hydrogens is 290 g/mol. The predicted octanol–water partition coefficient (Wildman–Crippen LogP) is 2.15. The Morgan fingerprint density at radius 1 is 1.26 bits per heavy atom. The van der Waals surface area contributed by atoms with Crippen molar-refractivity contribution in [1.29, 1.82) is 0 Å². The molecule has 0 bridgehead atoms. The van der Waals surface area contributed by atoms with Crippen molar-refractivity contribution in [2.24, 2.45) is 0 Å². The van der Waals surface area contributed by atoms with Crippen molar-refractivity contribution in [1.82, 2.24) is 14.7 Å². The van der Waals surface area contributed by atoms with E-state index in [0.717, 1.165) is 17.0 Å². The fraction of sp³-hybridized carbons (Fsp3) is 0.444. The molecule has 122 valence electrons. The van der Waals surface area contributed by atoms with Crippen molar-refractivity contribution in [2.45, 2.75) is 39.3 Å². The molecule has 5 nitrogen and oxygen atoms in total. The summed E-state index contributed by atoms with van der Waals surface area (Å²) >= 11 is 0. The standard InChI is InChI=1S/C18H23N3O2/c1-13-10-14(2)21(19-13)12-15-4-3-5-16(11-15)18(23)20-8-6-17(22)7-9-20/h3-5,10-11,17,22H,6-9,12H2,1-2H3. The van der Waals surface area contributed by atoms with E-state index in [1.54, 1.807) is 0 Å². The van der Waals surface area contributed by atoms with Gasteiger partial charge in [-0.05, 0) is 50.5 Å². The van der Waals surface area contributed by atoms with E-state index >= 15 is 0 Å². The summed E-state index contributed by atoms with van der Waals surface area (Å²) in [6.45, 7) is 5.94. The number of aromatic nitrogens is 2. The van der Waals surface area contributed by atoms with Crippen LogP contribution in [0.1, 0.15) is 40.2 Å². The van der Waals surface area contributed by atoms with Crippen molar-refractivity contribution in [2.75, 3.05) is 13.1 Å². The van der Waals surface area contributed by atoms with Gasteiger partial charge in [-0.15, -0.1) is 0 Å². The third-order valence-corrected chi connectivity index (χ3v) is 4.36. The van der Waals surface area contributed by atoms with Crippen molar-refractivity contribution in [3.8, 4) is 0 Å². The number of piperidine rings is 1. The van der Waals surface area contributed by atoms with E-state index < -0.39 is 0 Å². The third-order valence-electron chi connectivity index (χ3n) is 4.36. The highest BCUT2D eigenvalue weighted by atomic mass is 16.3. The number of aryl methyl sites for hydroxylation is 2. The summed E-state index contributed by atoms with van der Waals surface area (Å²) in [5.41, 5.74) is 3.89. The first kappa shape index (κ1) is 15.7. The molecule has 1 aliphatic heterocycles. The molecule has 1 N–H and O–H groups in total. The quantitative estimate of drug-likeness (QED) is 0.944. The van der Waals surface area contributed by atoms with Crippen LogP contribution in [0.15, 0.2) is 30.3 Å². The number of aliphatic hydroxyl groups is 1. The Balaban J connectivity index is 1.74. The Morgan fingerprint density at radius 2 is 2.00 bits per heavy atom. The maximum absolute atomic E-state index is 12.6. The number of nitrogens with zero attached hydrogens (tertiary/aromatic N) is 3. The van der Waals surface area contributed by atoms with Crippen LogP contribution in [0.2, 0.25) is 0 Å². The van der Waals surface area contributed by atoms with Gasteiger partial charge in [0.15, 0.2) is 0 Å². The maximum atomic E-state index is 12.6. The average molecular weight is 313 g/mol. The van der Waals surface area contributed by atoms with E-state index in [-0.39, 0.29) is 12.0 Å². The summed E-state index contributed by atoms with van der Waals surface area (Å²) in [6, 6.07) is 9.80. The lowest BCUT2D eigenvalue weighted by molar-refractivity contribution is 0.0546. The van der Waals surface area contributed by atoms with Crippen LogP contribution in [-0.4, -0.2) is 44.9 Å². The zero-order chi connectivity index (χ0) is 16.4. The lowest BCUT2D eigenvalue weighted by atomic mass is 10.1. The Kier molecular flexibility index (Phi) is 4.48. The first-order valence-corrected chi connectivity index (χ1v) is 8.10. The number of rotatable bonds is 3. The van der Waals surface area contributed by atoms with E-state index in [2.05, 4.69) is 5.10 Å². The van der Waals surface area contributed by atoms with Gasteiger partial charge in [0, 0.05) is 24.3 Å². The van der Waals surface area contributed by atoms with Crippen molar-refractivity contribution in [3.05, 3.63) is 52.8 Å². The second-order valence-electron chi connectivity index (χ2n) is 6.31. The fourth-order valence-corrected chi connectivity index (χ4v) is 3.06. The van der Waals surface area contributed by atoms with E-state index in [4.69, 9.17) is 0 Å². The molecule has 5 heteroatoms. The first-order chi connectivity index (χ1) is 11.0. The number of hydrogen-bond donors (Lipinski definition) is 1. The van der Waals surface area contributed by atoms with Gasteiger partial charge in [-0.25, -0.2) is 0 Å². The van der Waals surface area contributed by atoms with Crippen LogP contribution in [0.3, 0.4) is 0 Å². The zero-order valence-electron chi connectivity index (χ0n) is 13.7. The highest BCUT2D eigenvalue weighted by molar-refractivity contribution is 5.94. The molecule has 0 unspecified atom stereocenters. The first-order valence-electron chi connectivity index (χ1n) is 8.10. The molecule has 2 aromatic rings.